The average molecular weight is 388 g/mol. The lowest BCUT2D eigenvalue weighted by molar-refractivity contribution is -0.119. The summed E-state index contributed by atoms with van der Waals surface area (Å²) in [5.41, 5.74) is 7.11. The summed E-state index contributed by atoms with van der Waals surface area (Å²) in [6.45, 7) is 0. The molecule has 1 heterocycles. The van der Waals surface area contributed by atoms with E-state index < -0.39 is 17.9 Å². The molecule has 0 aliphatic rings. The van der Waals surface area contributed by atoms with E-state index in [9.17, 15) is 9.59 Å². The van der Waals surface area contributed by atoms with Crippen LogP contribution in [0.25, 0.3) is 10.9 Å². The predicted octanol–water partition coefficient (Wildman–Crippen LogP) is 3.37. The molecule has 26 heavy (non-hydrogen) atoms. The maximum absolute atomic E-state index is 12.5. The van der Waals surface area contributed by atoms with Crippen molar-refractivity contribution in [3.8, 4) is 0 Å². The smallest absolute Gasteiger partial charge is 0.253 e. The van der Waals surface area contributed by atoms with Gasteiger partial charge in [0.1, 0.15) is 6.04 Å². The molecule has 3 rings (SSSR count). The number of hydrogen-bond donors (Lipinski definition) is 2. The fourth-order valence-corrected chi connectivity index (χ4v) is 3.14. The van der Waals surface area contributed by atoms with Crippen molar-refractivity contribution in [1.29, 1.82) is 0 Å². The van der Waals surface area contributed by atoms with Crippen LogP contribution in [-0.4, -0.2) is 22.8 Å². The number of carbonyl (C=O) groups is 2. The fraction of sp³-hybridized carbons (Fsp3) is 0.105. The Morgan fingerprint density at radius 1 is 1.08 bits per heavy atom. The lowest BCUT2D eigenvalue weighted by atomic mass is 10.0. The second kappa shape index (κ2) is 7.72. The number of nitrogens with zero attached hydrogens (tertiary/aromatic N) is 1. The normalized spacial score (nSPS) is 11.9. The zero-order chi connectivity index (χ0) is 18.7. The number of rotatable bonds is 5. The number of hydrogen-bond acceptors (Lipinski definition) is 3. The lowest BCUT2D eigenvalue weighted by Gasteiger charge is -2.17. The first-order chi connectivity index (χ1) is 12.5. The maximum atomic E-state index is 12.5. The number of aromatic nitrogens is 1. The SMILES string of the molecule is NC(=O)[C@@H](Cc1c(Cl)cccc1Cl)NC(=O)c1cnc2ccccc2c1. The molecule has 5 nitrogen and oxygen atoms in total. The zero-order valence-electron chi connectivity index (χ0n) is 13.6. The largest absolute Gasteiger partial charge is 0.368 e. The van der Waals surface area contributed by atoms with Gasteiger partial charge >= 0.3 is 0 Å². The number of nitrogens with one attached hydrogen (secondary N) is 1. The molecule has 1 aromatic heterocycles. The van der Waals surface area contributed by atoms with Crippen LogP contribution in [0.5, 0.6) is 0 Å². The summed E-state index contributed by atoms with van der Waals surface area (Å²) < 4.78 is 0. The van der Waals surface area contributed by atoms with Crippen molar-refractivity contribution in [2.45, 2.75) is 12.5 Å². The van der Waals surface area contributed by atoms with Gasteiger partial charge in [0.2, 0.25) is 5.91 Å². The summed E-state index contributed by atoms with van der Waals surface area (Å²) in [7, 11) is 0. The van der Waals surface area contributed by atoms with E-state index in [0.29, 0.717) is 21.2 Å². The van der Waals surface area contributed by atoms with Crippen LogP contribution in [0.15, 0.2) is 54.7 Å². The molecule has 0 aliphatic carbocycles. The standard InChI is InChI=1S/C19H15Cl2N3O2/c20-14-5-3-6-15(21)13(14)9-17(18(22)25)24-19(26)12-8-11-4-1-2-7-16(11)23-10-12/h1-8,10,17H,9H2,(H2,22,25)(H,24,26)/t17-/m1/s1. The number of pyridine rings is 1. The Morgan fingerprint density at radius 3 is 2.46 bits per heavy atom. The summed E-state index contributed by atoms with van der Waals surface area (Å²) in [4.78, 5) is 28.6. The van der Waals surface area contributed by atoms with Crippen molar-refractivity contribution in [2.75, 3.05) is 0 Å². The summed E-state index contributed by atoms with van der Waals surface area (Å²) >= 11 is 12.3. The van der Waals surface area contributed by atoms with E-state index in [-0.39, 0.29) is 6.42 Å². The lowest BCUT2D eigenvalue weighted by Crippen LogP contribution is -2.46. The van der Waals surface area contributed by atoms with Gasteiger partial charge in [-0.15, -0.1) is 0 Å². The molecular formula is C19H15Cl2N3O2. The Hall–Kier alpha value is -2.63. The number of benzene rings is 2. The van der Waals surface area contributed by atoms with Gasteiger partial charge in [0.25, 0.3) is 5.91 Å². The topological polar surface area (TPSA) is 85.1 Å². The molecule has 0 radical (unpaired) electrons. The van der Waals surface area contributed by atoms with Gasteiger partial charge in [-0.3, -0.25) is 14.6 Å². The molecule has 2 aromatic carbocycles. The number of primary amides is 1. The Balaban J connectivity index is 1.83. The number of nitrogens with two attached hydrogens (primary N) is 1. The van der Waals surface area contributed by atoms with E-state index in [0.717, 1.165) is 10.9 Å². The van der Waals surface area contributed by atoms with E-state index >= 15 is 0 Å². The predicted molar refractivity (Wildman–Crippen MR) is 102 cm³/mol. The minimum absolute atomic E-state index is 0.0978. The van der Waals surface area contributed by atoms with Gasteiger partial charge in [-0.2, -0.15) is 0 Å². The molecular weight excluding hydrogens is 373 g/mol. The van der Waals surface area contributed by atoms with Crippen LogP contribution in [-0.2, 0) is 11.2 Å². The van der Waals surface area contributed by atoms with E-state index in [1.807, 2.05) is 24.3 Å². The molecule has 0 unspecified atom stereocenters. The summed E-state index contributed by atoms with van der Waals surface area (Å²) in [5.74, 6) is -1.13. The molecule has 0 saturated heterocycles. The van der Waals surface area contributed by atoms with Gasteiger partial charge in [0.15, 0.2) is 0 Å². The van der Waals surface area contributed by atoms with E-state index in [2.05, 4.69) is 10.3 Å². The van der Waals surface area contributed by atoms with Gasteiger partial charge in [-0.1, -0.05) is 47.5 Å². The van der Waals surface area contributed by atoms with Gasteiger partial charge in [0, 0.05) is 28.0 Å². The van der Waals surface area contributed by atoms with Crippen LogP contribution >= 0.6 is 23.2 Å². The highest BCUT2D eigenvalue weighted by Crippen LogP contribution is 2.25. The summed E-state index contributed by atoms with van der Waals surface area (Å²) in [6.07, 6.45) is 1.55. The third kappa shape index (κ3) is 3.95. The van der Waals surface area contributed by atoms with Crippen molar-refractivity contribution in [3.63, 3.8) is 0 Å². The Labute approximate surface area is 160 Å². The second-order valence-corrected chi connectivity index (χ2v) is 6.56. The van der Waals surface area contributed by atoms with Gasteiger partial charge < -0.3 is 11.1 Å². The van der Waals surface area contributed by atoms with Gasteiger partial charge in [-0.25, -0.2) is 0 Å². The fourth-order valence-electron chi connectivity index (χ4n) is 2.59. The third-order valence-corrected chi connectivity index (χ3v) is 4.68. The van der Waals surface area contributed by atoms with Crippen molar-refractivity contribution in [2.24, 2.45) is 5.73 Å². The van der Waals surface area contributed by atoms with Crippen LogP contribution < -0.4 is 11.1 Å². The number of para-hydroxylation sites is 1. The average Bonchev–Trinajstić information content (AvgIpc) is 2.63. The number of amides is 2. The molecule has 2 amide bonds. The highest BCUT2D eigenvalue weighted by Gasteiger charge is 2.22. The third-order valence-electron chi connectivity index (χ3n) is 3.97. The second-order valence-electron chi connectivity index (χ2n) is 5.75. The monoisotopic (exact) mass is 387 g/mol. The molecule has 3 N–H and O–H groups in total. The van der Waals surface area contributed by atoms with Crippen LogP contribution in [0.3, 0.4) is 0 Å². The first-order valence-electron chi connectivity index (χ1n) is 7.83. The van der Waals surface area contributed by atoms with E-state index in [1.54, 1.807) is 24.3 Å². The van der Waals surface area contributed by atoms with Gasteiger partial charge in [0.05, 0.1) is 11.1 Å². The highest BCUT2D eigenvalue weighted by atomic mass is 35.5. The number of fused-ring (bicyclic) bond motifs is 1. The Kier molecular flexibility index (Phi) is 5.40. The van der Waals surface area contributed by atoms with Gasteiger partial charge in [-0.05, 0) is 29.8 Å². The highest BCUT2D eigenvalue weighted by molar-refractivity contribution is 6.36. The molecule has 7 heteroatoms. The Bertz CT molecular complexity index is 971. The quantitative estimate of drug-likeness (QED) is 0.703. The number of halogens is 2. The van der Waals surface area contributed by atoms with Crippen LogP contribution in [0, 0.1) is 0 Å². The first-order valence-corrected chi connectivity index (χ1v) is 8.59. The van der Waals surface area contributed by atoms with Crippen molar-refractivity contribution in [3.05, 3.63) is 75.9 Å². The first kappa shape index (κ1) is 18.2. The minimum Gasteiger partial charge on any atom is -0.368 e. The molecule has 3 aromatic rings. The molecule has 0 spiro atoms. The molecule has 0 fully saturated rings. The molecule has 1 atom stereocenters. The summed E-state index contributed by atoms with van der Waals surface area (Å²) in [6, 6.07) is 13.2. The van der Waals surface area contributed by atoms with Crippen LogP contribution in [0.1, 0.15) is 15.9 Å². The molecule has 132 valence electrons. The van der Waals surface area contributed by atoms with Crippen molar-refractivity contribution < 1.29 is 9.59 Å². The number of carbonyl (C=O) groups excluding carboxylic acids is 2. The van der Waals surface area contributed by atoms with Crippen molar-refractivity contribution in [1.82, 2.24) is 10.3 Å². The molecule has 0 bridgehead atoms. The molecule has 0 saturated carbocycles. The zero-order valence-corrected chi connectivity index (χ0v) is 15.1. The van der Waals surface area contributed by atoms with E-state index in [1.165, 1.54) is 6.20 Å². The van der Waals surface area contributed by atoms with E-state index in [4.69, 9.17) is 28.9 Å². The van der Waals surface area contributed by atoms with Crippen LogP contribution in [0.2, 0.25) is 10.0 Å². The Morgan fingerprint density at radius 2 is 1.77 bits per heavy atom. The minimum atomic E-state index is -0.952. The van der Waals surface area contributed by atoms with Crippen molar-refractivity contribution >= 4 is 45.9 Å². The molecule has 0 aliphatic heterocycles. The maximum Gasteiger partial charge on any atom is 0.253 e. The summed E-state index contributed by atoms with van der Waals surface area (Å²) in [5, 5.41) is 4.27. The van der Waals surface area contributed by atoms with Crippen LogP contribution in [0.4, 0.5) is 0 Å².